The molecular weight excluding hydrogens is 382 g/mol. The molecule has 3 heterocycles. The van der Waals surface area contributed by atoms with Crippen molar-refractivity contribution in [1.29, 1.82) is 0 Å². The van der Waals surface area contributed by atoms with Crippen LogP contribution in [-0.2, 0) is 12.6 Å². The molecule has 0 saturated heterocycles. The maximum atomic E-state index is 12.6. The Hall–Kier alpha value is -1.85. The Morgan fingerprint density at radius 2 is 1.96 bits per heavy atom. The Labute approximate surface area is 143 Å². The Balaban J connectivity index is 1.78. The van der Waals surface area contributed by atoms with Gasteiger partial charge in [0.1, 0.15) is 0 Å². The molecule has 0 fully saturated rings. The van der Waals surface area contributed by atoms with E-state index in [9.17, 15) is 13.2 Å². The van der Waals surface area contributed by atoms with Gasteiger partial charge in [-0.3, -0.25) is 0 Å². The predicted octanol–water partition coefficient (Wildman–Crippen LogP) is 4.56. The Morgan fingerprint density at radius 1 is 1.12 bits per heavy atom. The van der Waals surface area contributed by atoms with Crippen molar-refractivity contribution < 1.29 is 13.2 Å². The third-order valence-electron chi connectivity index (χ3n) is 3.63. The van der Waals surface area contributed by atoms with Gasteiger partial charge in [0.2, 0.25) is 0 Å². The Morgan fingerprint density at radius 3 is 2.58 bits per heavy atom. The molecule has 0 unspecified atom stereocenters. The average molecular weight is 398 g/mol. The zero-order chi connectivity index (χ0) is 17.2. The fourth-order valence-electron chi connectivity index (χ4n) is 2.31. The van der Waals surface area contributed by atoms with Gasteiger partial charge in [0, 0.05) is 0 Å². The van der Waals surface area contributed by atoms with Crippen molar-refractivity contribution >= 4 is 14.5 Å². The molecule has 0 aliphatic carbocycles. The summed E-state index contributed by atoms with van der Waals surface area (Å²) in [5.41, 5.74) is 0.778. The molecule has 3 aromatic heterocycles. The molecule has 3 aromatic rings. The second kappa shape index (κ2) is 6.95. The molecule has 0 atom stereocenters. The van der Waals surface area contributed by atoms with Gasteiger partial charge in [-0.1, -0.05) is 0 Å². The number of pyridine rings is 1. The summed E-state index contributed by atoms with van der Waals surface area (Å²) in [6.45, 7) is 2.18. The number of nitrogens with one attached hydrogen (secondary N) is 1. The number of aromatic amines is 1. The number of nitrogens with zero attached hydrogens (tertiary/aromatic N) is 2. The second-order valence-corrected chi connectivity index (χ2v) is 7.92. The third kappa shape index (κ3) is 3.79. The van der Waals surface area contributed by atoms with Crippen LogP contribution in [0.3, 0.4) is 0 Å². The molecule has 3 nitrogen and oxygen atoms in total. The van der Waals surface area contributed by atoms with Crippen molar-refractivity contribution in [2.75, 3.05) is 0 Å². The molecule has 0 radical (unpaired) electrons. The van der Waals surface area contributed by atoms with E-state index in [2.05, 4.69) is 29.1 Å². The first-order valence-corrected chi connectivity index (χ1v) is 9.37. The molecule has 0 aliphatic rings. The number of alkyl halides is 3. The Bertz CT molecular complexity index is 803. The van der Waals surface area contributed by atoms with E-state index in [0.29, 0.717) is 20.2 Å². The number of rotatable bonds is 5. The molecule has 0 amide bonds. The van der Waals surface area contributed by atoms with E-state index >= 15 is 0 Å². The van der Waals surface area contributed by atoms with Crippen LogP contribution < -0.4 is 0 Å². The number of halogens is 3. The van der Waals surface area contributed by atoms with E-state index in [1.807, 2.05) is 11.2 Å². The van der Waals surface area contributed by atoms with E-state index < -0.39 is 11.9 Å². The molecule has 0 saturated carbocycles. The van der Waals surface area contributed by atoms with Gasteiger partial charge in [0.15, 0.2) is 0 Å². The topological polar surface area (TPSA) is 41.6 Å². The average Bonchev–Trinajstić information content (AvgIpc) is 3.22. The normalized spacial score (nSPS) is 11.8. The number of aromatic nitrogens is 3. The summed E-state index contributed by atoms with van der Waals surface area (Å²) in [6.07, 6.45) is 0.801. The van der Waals surface area contributed by atoms with Crippen LogP contribution in [0.1, 0.15) is 29.9 Å². The van der Waals surface area contributed by atoms with Crippen LogP contribution in [0.4, 0.5) is 13.2 Å². The molecule has 0 bridgehead atoms. The van der Waals surface area contributed by atoms with Crippen LogP contribution in [0.5, 0.6) is 0 Å². The molecular formula is C17H16F3N3Se. The third-order valence-corrected chi connectivity index (χ3v) is 6.14. The molecule has 3 rings (SSSR count). The van der Waals surface area contributed by atoms with E-state index in [4.69, 9.17) is 0 Å². The van der Waals surface area contributed by atoms with Crippen molar-refractivity contribution in [2.45, 2.75) is 32.4 Å². The minimum atomic E-state index is -4.43. The first-order chi connectivity index (χ1) is 11.5. The summed E-state index contributed by atoms with van der Waals surface area (Å²) < 4.78 is 40.6. The monoisotopic (exact) mass is 399 g/mol. The predicted molar refractivity (Wildman–Crippen MR) is 87.8 cm³/mol. The number of H-pyrrole nitrogens is 1. The van der Waals surface area contributed by atoms with Gasteiger partial charge in [-0.25, -0.2) is 0 Å². The summed E-state index contributed by atoms with van der Waals surface area (Å²) >= 11 is 0.314. The number of hydrogen-bond donors (Lipinski definition) is 1. The summed E-state index contributed by atoms with van der Waals surface area (Å²) in [7, 11) is 0. The summed E-state index contributed by atoms with van der Waals surface area (Å²) in [6, 6.07) is 8.90. The zero-order valence-electron chi connectivity index (χ0n) is 13.0. The molecule has 0 spiro atoms. The SMILES string of the molecule is CCCCc1ccc(-c2ccc(-c3cc(C(F)(F)F)[nH]n3)nc2)[se]1. The molecule has 0 aliphatic heterocycles. The van der Waals surface area contributed by atoms with Crippen LogP contribution in [0.25, 0.3) is 21.4 Å². The van der Waals surface area contributed by atoms with Gasteiger partial charge in [-0.15, -0.1) is 0 Å². The van der Waals surface area contributed by atoms with Gasteiger partial charge in [-0.2, -0.15) is 0 Å². The Kier molecular flexibility index (Phi) is 4.92. The van der Waals surface area contributed by atoms with E-state index in [0.717, 1.165) is 18.1 Å². The van der Waals surface area contributed by atoms with Crippen molar-refractivity contribution in [3.8, 4) is 21.4 Å². The van der Waals surface area contributed by atoms with Gasteiger partial charge < -0.3 is 0 Å². The van der Waals surface area contributed by atoms with Crippen molar-refractivity contribution in [3.63, 3.8) is 0 Å². The van der Waals surface area contributed by atoms with E-state index in [1.54, 1.807) is 12.3 Å². The van der Waals surface area contributed by atoms with Crippen molar-refractivity contribution in [2.24, 2.45) is 0 Å². The zero-order valence-corrected chi connectivity index (χ0v) is 14.7. The molecule has 1 N–H and O–H groups in total. The van der Waals surface area contributed by atoms with Crippen molar-refractivity contribution in [3.05, 3.63) is 46.7 Å². The van der Waals surface area contributed by atoms with Crippen LogP contribution >= 0.6 is 0 Å². The fourth-order valence-corrected chi connectivity index (χ4v) is 4.49. The minimum absolute atomic E-state index is 0.196. The van der Waals surface area contributed by atoms with E-state index in [1.165, 1.54) is 21.7 Å². The molecule has 126 valence electrons. The van der Waals surface area contributed by atoms with E-state index in [-0.39, 0.29) is 5.69 Å². The maximum absolute atomic E-state index is 12.6. The quantitative estimate of drug-likeness (QED) is 0.641. The van der Waals surface area contributed by atoms with Gasteiger partial charge in [0.05, 0.1) is 0 Å². The number of aryl methyl sites for hydroxylation is 1. The van der Waals surface area contributed by atoms with Crippen LogP contribution in [-0.4, -0.2) is 29.7 Å². The standard InChI is InChI=1S/C17H16F3N3Se/c1-2-3-4-12-6-8-15(24-12)11-5-7-13(21-10-11)14-9-16(23-22-14)17(18,19)20/h5-10H,2-4H2,1H3,(H,22,23). The van der Waals surface area contributed by atoms with Gasteiger partial charge in [-0.05, 0) is 0 Å². The van der Waals surface area contributed by atoms with Crippen molar-refractivity contribution in [1.82, 2.24) is 15.2 Å². The second-order valence-electron chi connectivity index (χ2n) is 5.47. The van der Waals surface area contributed by atoms with Crippen LogP contribution in [0.15, 0.2) is 36.5 Å². The van der Waals surface area contributed by atoms with Crippen LogP contribution in [0, 0.1) is 0 Å². The summed E-state index contributed by atoms with van der Waals surface area (Å²) in [4.78, 5) is 4.27. The molecule has 24 heavy (non-hydrogen) atoms. The first kappa shape index (κ1) is 17.0. The molecule has 7 heteroatoms. The summed E-state index contributed by atoms with van der Waals surface area (Å²) in [5, 5.41) is 5.70. The number of unbranched alkanes of at least 4 members (excludes halogenated alkanes) is 1. The number of hydrogen-bond acceptors (Lipinski definition) is 2. The van der Waals surface area contributed by atoms with Gasteiger partial charge >= 0.3 is 143 Å². The fraction of sp³-hybridized carbons (Fsp3) is 0.294. The van der Waals surface area contributed by atoms with Gasteiger partial charge in [0.25, 0.3) is 0 Å². The first-order valence-electron chi connectivity index (χ1n) is 7.65. The molecule has 0 aromatic carbocycles. The summed E-state index contributed by atoms with van der Waals surface area (Å²) in [5.74, 6) is 0. The van der Waals surface area contributed by atoms with Crippen LogP contribution in [0.2, 0.25) is 0 Å².